The van der Waals surface area contributed by atoms with Crippen molar-refractivity contribution in [1.82, 2.24) is 20.5 Å². The molecule has 0 aliphatic carbocycles. The molecule has 3 rings (SSSR count). The van der Waals surface area contributed by atoms with Crippen molar-refractivity contribution >= 4 is 5.91 Å². The van der Waals surface area contributed by atoms with Crippen LogP contribution in [0.2, 0.25) is 0 Å². The van der Waals surface area contributed by atoms with Crippen molar-refractivity contribution in [3.05, 3.63) is 65.8 Å². The van der Waals surface area contributed by atoms with E-state index in [1.807, 2.05) is 12.1 Å². The lowest BCUT2D eigenvalue weighted by Crippen LogP contribution is -2.28. The molecule has 0 aliphatic rings. The predicted molar refractivity (Wildman–Crippen MR) is 88.9 cm³/mol. The summed E-state index contributed by atoms with van der Waals surface area (Å²) in [5.41, 5.74) is 2.28. The van der Waals surface area contributed by atoms with Gasteiger partial charge in [-0.3, -0.25) is 9.78 Å². The predicted octanol–water partition coefficient (Wildman–Crippen LogP) is 2.42. The van der Waals surface area contributed by atoms with Gasteiger partial charge in [0.15, 0.2) is 0 Å². The van der Waals surface area contributed by atoms with Gasteiger partial charge in [0.25, 0.3) is 0 Å². The van der Waals surface area contributed by atoms with Crippen LogP contribution in [-0.2, 0) is 11.2 Å². The summed E-state index contributed by atoms with van der Waals surface area (Å²) in [6, 6.07) is 12.3. The maximum absolute atomic E-state index is 11.5. The minimum Gasteiger partial charge on any atom is -0.418 e. The Morgan fingerprint density at radius 3 is 2.56 bits per heavy atom. The number of aromatic nitrogens is 3. The average Bonchev–Trinajstić information content (AvgIpc) is 3.12. The summed E-state index contributed by atoms with van der Waals surface area (Å²) in [6.07, 6.45) is 3.76. The Balaban J connectivity index is 1.84. The summed E-state index contributed by atoms with van der Waals surface area (Å²) >= 11 is 0. The van der Waals surface area contributed by atoms with E-state index < -0.39 is 6.04 Å². The summed E-state index contributed by atoms with van der Waals surface area (Å²) in [5, 5.41) is 19.8. The summed E-state index contributed by atoms with van der Waals surface area (Å²) < 4.78 is 5.73. The van der Waals surface area contributed by atoms with Gasteiger partial charge in [-0.2, -0.15) is 5.26 Å². The van der Waals surface area contributed by atoms with Crippen LogP contribution < -0.4 is 5.32 Å². The van der Waals surface area contributed by atoms with Crippen molar-refractivity contribution in [2.75, 3.05) is 0 Å². The first-order valence-electron chi connectivity index (χ1n) is 7.65. The largest absolute Gasteiger partial charge is 0.418 e. The van der Waals surface area contributed by atoms with Crippen LogP contribution in [0.3, 0.4) is 0 Å². The number of pyridine rings is 1. The molecule has 1 atom stereocenters. The van der Waals surface area contributed by atoms with E-state index >= 15 is 0 Å². The summed E-state index contributed by atoms with van der Waals surface area (Å²) in [5.74, 6) is 0.501. The zero-order valence-corrected chi connectivity index (χ0v) is 13.5. The van der Waals surface area contributed by atoms with Crippen LogP contribution in [0.1, 0.15) is 30.0 Å². The van der Waals surface area contributed by atoms with Crippen LogP contribution in [0, 0.1) is 11.3 Å². The van der Waals surface area contributed by atoms with Gasteiger partial charge in [0.05, 0.1) is 11.6 Å². The molecule has 0 aliphatic heterocycles. The summed E-state index contributed by atoms with van der Waals surface area (Å²) in [7, 11) is 0. The van der Waals surface area contributed by atoms with Crippen LogP contribution in [0.25, 0.3) is 11.5 Å². The van der Waals surface area contributed by atoms with Gasteiger partial charge in [0, 0.05) is 31.3 Å². The highest BCUT2D eigenvalue weighted by Gasteiger charge is 2.21. The molecule has 1 unspecified atom stereocenters. The van der Waals surface area contributed by atoms with Crippen LogP contribution in [0.15, 0.2) is 53.2 Å². The summed E-state index contributed by atoms with van der Waals surface area (Å²) in [4.78, 5) is 15.5. The SMILES string of the molecule is CC(=O)NC(Cc1ccc(C#N)cc1)c1nnc(-c2ccncc2)o1. The lowest BCUT2D eigenvalue weighted by molar-refractivity contribution is -0.119. The maximum atomic E-state index is 11.5. The Hall–Kier alpha value is -3.53. The number of nitrogens with one attached hydrogen (secondary N) is 1. The second-order valence-corrected chi connectivity index (χ2v) is 5.45. The maximum Gasteiger partial charge on any atom is 0.247 e. The molecule has 0 spiro atoms. The van der Waals surface area contributed by atoms with Gasteiger partial charge in [-0.05, 0) is 29.8 Å². The number of nitrogens with zero attached hydrogens (tertiary/aromatic N) is 4. The molecule has 124 valence electrons. The van der Waals surface area contributed by atoms with Crippen molar-refractivity contribution in [3.8, 4) is 17.5 Å². The van der Waals surface area contributed by atoms with Gasteiger partial charge in [-0.1, -0.05) is 12.1 Å². The quantitative estimate of drug-likeness (QED) is 0.769. The van der Waals surface area contributed by atoms with Crippen molar-refractivity contribution in [3.63, 3.8) is 0 Å². The molecule has 1 aromatic carbocycles. The number of hydrogen-bond donors (Lipinski definition) is 1. The van der Waals surface area contributed by atoms with E-state index in [9.17, 15) is 4.79 Å². The van der Waals surface area contributed by atoms with Gasteiger partial charge in [0.2, 0.25) is 17.7 Å². The fraction of sp³-hybridized carbons (Fsp3) is 0.167. The third-order valence-electron chi connectivity index (χ3n) is 3.57. The van der Waals surface area contributed by atoms with Gasteiger partial charge >= 0.3 is 0 Å². The normalized spacial score (nSPS) is 11.5. The Bertz CT molecular complexity index is 897. The van der Waals surface area contributed by atoms with Crippen molar-refractivity contribution in [1.29, 1.82) is 5.26 Å². The first-order valence-corrected chi connectivity index (χ1v) is 7.65. The minimum absolute atomic E-state index is 0.192. The molecular weight excluding hydrogens is 318 g/mol. The minimum atomic E-state index is -0.450. The van der Waals surface area contributed by atoms with Crippen LogP contribution in [-0.4, -0.2) is 21.1 Å². The van der Waals surface area contributed by atoms with Crippen LogP contribution in [0.4, 0.5) is 0 Å². The zero-order chi connectivity index (χ0) is 17.6. The van der Waals surface area contributed by atoms with E-state index in [2.05, 4.69) is 26.6 Å². The first-order chi connectivity index (χ1) is 12.2. The van der Waals surface area contributed by atoms with E-state index in [0.717, 1.165) is 11.1 Å². The van der Waals surface area contributed by atoms with Crippen LogP contribution in [0.5, 0.6) is 0 Å². The average molecular weight is 333 g/mol. The molecule has 0 radical (unpaired) electrons. The molecule has 2 aromatic heterocycles. The Morgan fingerprint density at radius 2 is 1.92 bits per heavy atom. The lowest BCUT2D eigenvalue weighted by atomic mass is 10.0. The molecule has 1 amide bonds. The number of carbonyl (C=O) groups excluding carboxylic acids is 1. The fourth-order valence-corrected chi connectivity index (χ4v) is 2.38. The van der Waals surface area contributed by atoms with Gasteiger partial charge in [-0.15, -0.1) is 10.2 Å². The van der Waals surface area contributed by atoms with E-state index in [-0.39, 0.29) is 5.91 Å². The van der Waals surface area contributed by atoms with E-state index in [4.69, 9.17) is 9.68 Å². The topological polar surface area (TPSA) is 105 Å². The molecule has 3 aromatic rings. The Kier molecular flexibility index (Phi) is 4.81. The monoisotopic (exact) mass is 333 g/mol. The van der Waals surface area contributed by atoms with E-state index in [1.54, 1.807) is 36.7 Å². The number of hydrogen-bond acceptors (Lipinski definition) is 6. The Morgan fingerprint density at radius 1 is 1.20 bits per heavy atom. The number of rotatable bonds is 5. The highest BCUT2D eigenvalue weighted by Crippen LogP contribution is 2.22. The Labute approximate surface area is 144 Å². The fourth-order valence-electron chi connectivity index (χ4n) is 2.38. The second kappa shape index (κ2) is 7.36. The van der Waals surface area contributed by atoms with E-state index in [0.29, 0.717) is 23.8 Å². The molecule has 1 N–H and O–H groups in total. The van der Waals surface area contributed by atoms with Crippen molar-refractivity contribution in [2.45, 2.75) is 19.4 Å². The third-order valence-corrected chi connectivity index (χ3v) is 3.57. The molecule has 7 nitrogen and oxygen atoms in total. The lowest BCUT2D eigenvalue weighted by Gasteiger charge is -2.14. The molecule has 25 heavy (non-hydrogen) atoms. The molecule has 0 fully saturated rings. The number of benzene rings is 1. The number of carbonyl (C=O) groups is 1. The van der Waals surface area contributed by atoms with Gasteiger partial charge in [0.1, 0.15) is 6.04 Å². The molecule has 7 heteroatoms. The van der Waals surface area contributed by atoms with Gasteiger partial charge < -0.3 is 9.73 Å². The molecule has 2 heterocycles. The summed E-state index contributed by atoms with van der Waals surface area (Å²) in [6.45, 7) is 1.44. The second-order valence-electron chi connectivity index (χ2n) is 5.45. The first kappa shape index (κ1) is 16.3. The van der Waals surface area contributed by atoms with Gasteiger partial charge in [-0.25, -0.2) is 0 Å². The molecule has 0 saturated heterocycles. The van der Waals surface area contributed by atoms with Crippen LogP contribution >= 0.6 is 0 Å². The molecular formula is C18H15N5O2. The standard InChI is InChI=1S/C18H15N5O2/c1-12(24)21-16(10-13-2-4-14(11-19)5-3-13)18-23-22-17(25-18)15-6-8-20-9-7-15/h2-9,16H,10H2,1H3,(H,21,24). The zero-order valence-electron chi connectivity index (χ0n) is 13.5. The third kappa shape index (κ3) is 4.06. The molecule has 0 saturated carbocycles. The van der Waals surface area contributed by atoms with Crippen molar-refractivity contribution < 1.29 is 9.21 Å². The number of nitriles is 1. The highest BCUT2D eigenvalue weighted by atomic mass is 16.4. The highest BCUT2D eigenvalue weighted by molar-refractivity contribution is 5.73. The van der Waals surface area contributed by atoms with E-state index in [1.165, 1.54) is 6.92 Å². The number of amides is 1. The smallest absolute Gasteiger partial charge is 0.247 e. The molecule has 0 bridgehead atoms. The van der Waals surface area contributed by atoms with Crippen molar-refractivity contribution in [2.24, 2.45) is 0 Å².